The molecule has 1 atom stereocenters. The van der Waals surface area contributed by atoms with E-state index in [1.165, 1.54) is 5.57 Å². The van der Waals surface area contributed by atoms with Gasteiger partial charge in [-0.1, -0.05) is 35.4 Å². The quantitative estimate of drug-likeness (QED) is 0.441. The van der Waals surface area contributed by atoms with Crippen molar-refractivity contribution in [1.82, 2.24) is 0 Å². The van der Waals surface area contributed by atoms with Crippen molar-refractivity contribution in [2.45, 2.75) is 19.3 Å². The van der Waals surface area contributed by atoms with Crippen LogP contribution in [0, 0.1) is 0 Å². The molecule has 0 radical (unpaired) electrons. The second kappa shape index (κ2) is 4.93. The van der Waals surface area contributed by atoms with Crippen LogP contribution in [0.3, 0.4) is 0 Å². The number of hydrogen-bond acceptors (Lipinski definition) is 1. The van der Waals surface area contributed by atoms with Gasteiger partial charge in [0.2, 0.25) is 0 Å². The molecule has 1 aromatic rings. The third-order valence-corrected chi connectivity index (χ3v) is 1.79. The average Bonchev–Trinajstić information content (AvgIpc) is 2.04. The lowest BCUT2D eigenvalue weighted by Crippen LogP contribution is -2.08. The largest absolute Gasteiger partial charge is 0.366 e. The lowest BCUT2D eigenvalue weighted by molar-refractivity contribution is 1.19. The molecule has 0 aliphatic rings. The number of nitrogens with one attached hydrogen (secondary N) is 1. The fourth-order valence-corrected chi connectivity index (χ4v) is 1.41. The number of para-hydroxylation sites is 1. The number of hydrogen-bond donors (Lipinski definition) is 1. The molecule has 0 saturated heterocycles. The monoisotopic (exact) mass is 195 g/mol. The summed E-state index contributed by atoms with van der Waals surface area (Å²) in [4.78, 5) is 0. The number of benzene rings is 1. The molecule has 0 heterocycles. The first-order valence-electron chi connectivity index (χ1n) is 4.29. The van der Waals surface area contributed by atoms with Crippen LogP contribution in [0.5, 0.6) is 0 Å². The van der Waals surface area contributed by atoms with Crippen molar-refractivity contribution in [2.24, 2.45) is 0 Å². The maximum Gasteiger partial charge on any atom is 0.120 e. The molecule has 1 unspecified atom stereocenters. The van der Waals surface area contributed by atoms with Gasteiger partial charge >= 0.3 is 0 Å². The molecule has 13 heavy (non-hydrogen) atoms. The van der Waals surface area contributed by atoms with E-state index in [1.807, 2.05) is 50.3 Å². The van der Waals surface area contributed by atoms with Gasteiger partial charge in [0.25, 0.3) is 0 Å². The van der Waals surface area contributed by atoms with E-state index in [4.69, 9.17) is 11.6 Å². The Morgan fingerprint density at radius 2 is 1.92 bits per heavy atom. The predicted octanol–water partition coefficient (Wildman–Crippen LogP) is 3.63. The fraction of sp³-hybridized carbons (Fsp3) is 0.273. The van der Waals surface area contributed by atoms with Gasteiger partial charge in [-0.2, -0.15) is 0 Å². The Bertz CT molecular complexity index is 275. The molecular weight excluding hydrogens is 182 g/mol. The molecule has 70 valence electrons. The summed E-state index contributed by atoms with van der Waals surface area (Å²) in [6, 6.07) is 9.93. The summed E-state index contributed by atoms with van der Waals surface area (Å²) in [6.07, 6.45) is 1.98. The van der Waals surface area contributed by atoms with Crippen molar-refractivity contribution in [1.29, 1.82) is 0 Å². The Balaban J connectivity index is 2.55. The van der Waals surface area contributed by atoms with Crippen molar-refractivity contribution in [2.75, 3.05) is 5.32 Å². The Morgan fingerprint density at radius 1 is 1.31 bits per heavy atom. The van der Waals surface area contributed by atoms with Gasteiger partial charge in [-0.15, -0.1) is 0 Å². The summed E-state index contributed by atoms with van der Waals surface area (Å²) in [5, 5.41) is 3.16. The third kappa shape index (κ3) is 4.00. The first kappa shape index (κ1) is 10.1. The second-order valence-electron chi connectivity index (χ2n) is 3.16. The Morgan fingerprint density at radius 3 is 2.46 bits per heavy atom. The molecule has 0 aliphatic heterocycles. The summed E-state index contributed by atoms with van der Waals surface area (Å²) < 4.78 is 0. The summed E-state index contributed by atoms with van der Waals surface area (Å²) in [5.74, 6) is 0. The van der Waals surface area contributed by atoms with Crippen LogP contribution in [-0.2, 0) is 0 Å². The van der Waals surface area contributed by atoms with Crippen LogP contribution in [0.1, 0.15) is 13.8 Å². The van der Waals surface area contributed by atoms with Gasteiger partial charge in [-0.3, -0.25) is 0 Å². The molecule has 0 spiro atoms. The van der Waals surface area contributed by atoms with Gasteiger partial charge < -0.3 is 5.32 Å². The van der Waals surface area contributed by atoms with Crippen LogP contribution in [0.25, 0.3) is 0 Å². The molecule has 1 rings (SSSR count). The lowest BCUT2D eigenvalue weighted by Gasteiger charge is -2.09. The maximum absolute atomic E-state index is 6.02. The van der Waals surface area contributed by atoms with E-state index in [-0.39, 0.29) is 5.50 Å². The smallest absolute Gasteiger partial charge is 0.120 e. The van der Waals surface area contributed by atoms with E-state index in [0.717, 1.165) is 5.69 Å². The molecule has 0 amide bonds. The predicted molar refractivity (Wildman–Crippen MR) is 59.1 cm³/mol. The van der Waals surface area contributed by atoms with E-state index in [9.17, 15) is 0 Å². The zero-order valence-corrected chi connectivity index (χ0v) is 8.68. The molecule has 0 aliphatic carbocycles. The topological polar surface area (TPSA) is 12.0 Å². The molecule has 0 bridgehead atoms. The average molecular weight is 196 g/mol. The first-order chi connectivity index (χ1) is 6.18. The molecule has 0 fully saturated rings. The standard InChI is InChI=1S/C11H14ClN/c1-9(2)8-11(12)13-10-6-4-3-5-7-10/h3-8,11,13H,1-2H3. The van der Waals surface area contributed by atoms with Crippen molar-refractivity contribution in [3.63, 3.8) is 0 Å². The van der Waals surface area contributed by atoms with Gasteiger partial charge in [-0.25, -0.2) is 0 Å². The lowest BCUT2D eigenvalue weighted by atomic mass is 10.3. The SMILES string of the molecule is CC(C)=CC(Cl)Nc1ccccc1. The highest BCUT2D eigenvalue weighted by molar-refractivity contribution is 6.22. The minimum Gasteiger partial charge on any atom is -0.366 e. The molecule has 1 N–H and O–H groups in total. The van der Waals surface area contributed by atoms with Gasteiger partial charge in [-0.05, 0) is 32.1 Å². The molecule has 1 aromatic carbocycles. The van der Waals surface area contributed by atoms with Crippen molar-refractivity contribution < 1.29 is 0 Å². The number of anilines is 1. The number of alkyl halides is 1. The molecule has 2 heteroatoms. The van der Waals surface area contributed by atoms with Crippen molar-refractivity contribution in [3.8, 4) is 0 Å². The van der Waals surface area contributed by atoms with Gasteiger partial charge in [0.05, 0.1) is 0 Å². The molecule has 0 saturated carbocycles. The fourth-order valence-electron chi connectivity index (χ4n) is 1.03. The highest BCUT2D eigenvalue weighted by Gasteiger charge is 1.98. The Kier molecular flexibility index (Phi) is 3.84. The highest BCUT2D eigenvalue weighted by atomic mass is 35.5. The number of rotatable bonds is 3. The van der Waals surface area contributed by atoms with Crippen LogP contribution < -0.4 is 5.32 Å². The summed E-state index contributed by atoms with van der Waals surface area (Å²) >= 11 is 6.02. The minimum atomic E-state index is -0.132. The zero-order valence-electron chi connectivity index (χ0n) is 7.92. The van der Waals surface area contributed by atoms with E-state index in [1.54, 1.807) is 0 Å². The number of allylic oxidation sites excluding steroid dienone is 1. The van der Waals surface area contributed by atoms with E-state index < -0.39 is 0 Å². The normalized spacial score (nSPS) is 11.9. The van der Waals surface area contributed by atoms with Crippen LogP contribution in [0.15, 0.2) is 42.0 Å². The maximum atomic E-state index is 6.02. The first-order valence-corrected chi connectivity index (χ1v) is 4.73. The van der Waals surface area contributed by atoms with Crippen LogP contribution in [-0.4, -0.2) is 5.50 Å². The van der Waals surface area contributed by atoms with Crippen LogP contribution in [0.2, 0.25) is 0 Å². The summed E-state index contributed by atoms with van der Waals surface area (Å²) in [5.41, 5.74) is 2.12. The van der Waals surface area contributed by atoms with Gasteiger partial charge in [0, 0.05) is 5.69 Å². The summed E-state index contributed by atoms with van der Waals surface area (Å²) in [7, 11) is 0. The zero-order chi connectivity index (χ0) is 9.68. The molecule has 0 aromatic heterocycles. The van der Waals surface area contributed by atoms with E-state index in [0.29, 0.717) is 0 Å². The van der Waals surface area contributed by atoms with E-state index >= 15 is 0 Å². The summed E-state index contributed by atoms with van der Waals surface area (Å²) in [6.45, 7) is 4.06. The van der Waals surface area contributed by atoms with E-state index in [2.05, 4.69) is 5.32 Å². The molecule has 1 nitrogen and oxygen atoms in total. The molecular formula is C11H14ClN. The van der Waals surface area contributed by atoms with Crippen LogP contribution in [0.4, 0.5) is 5.69 Å². The Labute approximate surface area is 84.4 Å². The highest BCUT2D eigenvalue weighted by Crippen LogP contribution is 2.10. The second-order valence-corrected chi connectivity index (χ2v) is 3.63. The van der Waals surface area contributed by atoms with Gasteiger partial charge in [0.1, 0.15) is 5.50 Å². The van der Waals surface area contributed by atoms with Crippen LogP contribution >= 0.6 is 11.6 Å². The van der Waals surface area contributed by atoms with Gasteiger partial charge in [0.15, 0.2) is 0 Å². The number of halogens is 1. The van der Waals surface area contributed by atoms with Crippen molar-refractivity contribution in [3.05, 3.63) is 42.0 Å². The van der Waals surface area contributed by atoms with Crippen molar-refractivity contribution >= 4 is 17.3 Å². The Hall–Kier alpha value is -0.950. The minimum absolute atomic E-state index is 0.132. The third-order valence-electron chi connectivity index (χ3n) is 1.56.